The maximum absolute atomic E-state index is 13.4. The van der Waals surface area contributed by atoms with E-state index < -0.39 is 0 Å². The van der Waals surface area contributed by atoms with Crippen molar-refractivity contribution in [2.75, 3.05) is 11.6 Å². The van der Waals surface area contributed by atoms with Gasteiger partial charge in [-0.3, -0.25) is 4.79 Å². The number of aryl methyl sites for hydroxylation is 1. The molecule has 2 rings (SSSR count). The Kier molecular flexibility index (Phi) is 4.22. The number of anilines is 1. The molecular weight excluding hydrogens is 261 g/mol. The summed E-state index contributed by atoms with van der Waals surface area (Å²) in [7, 11) is 0. The van der Waals surface area contributed by atoms with Gasteiger partial charge in [0.2, 0.25) is 0 Å². The van der Waals surface area contributed by atoms with Gasteiger partial charge in [0.15, 0.2) is 0 Å². The molecule has 19 heavy (non-hydrogen) atoms. The first kappa shape index (κ1) is 13.6. The fraction of sp³-hybridized carbons (Fsp3) is 0.133. The third kappa shape index (κ3) is 3.15. The number of carbonyl (C=O) groups excluding carboxylic acids is 1. The molecular formula is C15H14FNOS. The van der Waals surface area contributed by atoms with E-state index in [1.54, 1.807) is 25.1 Å². The Hall–Kier alpha value is -1.81. The van der Waals surface area contributed by atoms with Crippen LogP contribution in [0.5, 0.6) is 0 Å². The highest BCUT2D eigenvalue weighted by Crippen LogP contribution is 2.21. The van der Waals surface area contributed by atoms with Gasteiger partial charge in [-0.25, -0.2) is 4.39 Å². The summed E-state index contributed by atoms with van der Waals surface area (Å²) >= 11 is 1.51. The Balaban J connectivity index is 2.23. The monoisotopic (exact) mass is 275 g/mol. The van der Waals surface area contributed by atoms with E-state index in [4.69, 9.17) is 0 Å². The molecule has 0 fully saturated rings. The number of thioether (sulfide) groups is 1. The van der Waals surface area contributed by atoms with Crippen molar-refractivity contribution in [3.05, 3.63) is 59.4 Å². The van der Waals surface area contributed by atoms with E-state index in [0.717, 1.165) is 4.90 Å². The zero-order chi connectivity index (χ0) is 13.8. The van der Waals surface area contributed by atoms with Crippen LogP contribution in [0.15, 0.2) is 47.4 Å². The van der Waals surface area contributed by atoms with Crippen molar-refractivity contribution in [2.45, 2.75) is 11.8 Å². The molecule has 2 aromatic carbocycles. The van der Waals surface area contributed by atoms with Crippen molar-refractivity contribution in [3.8, 4) is 0 Å². The van der Waals surface area contributed by atoms with Crippen LogP contribution in [0.4, 0.5) is 10.1 Å². The molecule has 0 spiro atoms. The quantitative estimate of drug-likeness (QED) is 0.854. The van der Waals surface area contributed by atoms with E-state index in [1.807, 2.05) is 24.5 Å². The summed E-state index contributed by atoms with van der Waals surface area (Å²) in [5, 5.41) is 2.71. The van der Waals surface area contributed by atoms with Gasteiger partial charge >= 0.3 is 0 Å². The van der Waals surface area contributed by atoms with Crippen molar-refractivity contribution < 1.29 is 9.18 Å². The molecule has 1 N–H and O–H groups in total. The molecule has 0 saturated carbocycles. The summed E-state index contributed by atoms with van der Waals surface area (Å²) in [5.41, 5.74) is 1.61. The van der Waals surface area contributed by atoms with Crippen LogP contribution in [0.1, 0.15) is 15.9 Å². The number of nitrogens with one attached hydrogen (secondary N) is 1. The van der Waals surface area contributed by atoms with Crippen LogP contribution >= 0.6 is 11.8 Å². The minimum atomic E-state index is -0.323. The summed E-state index contributed by atoms with van der Waals surface area (Å²) < 4.78 is 13.4. The molecule has 0 bridgehead atoms. The lowest BCUT2D eigenvalue weighted by Crippen LogP contribution is -2.13. The maximum Gasteiger partial charge on any atom is 0.256 e. The van der Waals surface area contributed by atoms with Crippen LogP contribution < -0.4 is 5.32 Å². The van der Waals surface area contributed by atoms with E-state index in [0.29, 0.717) is 16.8 Å². The van der Waals surface area contributed by atoms with Gasteiger partial charge in [0, 0.05) is 10.6 Å². The molecule has 1 amide bonds. The van der Waals surface area contributed by atoms with E-state index in [9.17, 15) is 9.18 Å². The molecule has 0 aromatic heterocycles. The molecule has 0 saturated heterocycles. The van der Waals surface area contributed by atoms with Crippen molar-refractivity contribution >= 4 is 23.4 Å². The predicted octanol–water partition coefficient (Wildman–Crippen LogP) is 4.11. The molecule has 0 aliphatic rings. The fourth-order valence-corrected chi connectivity index (χ4v) is 2.30. The third-order valence-electron chi connectivity index (χ3n) is 2.78. The molecule has 0 aliphatic heterocycles. The first-order valence-electron chi connectivity index (χ1n) is 5.82. The molecule has 0 heterocycles. The highest BCUT2D eigenvalue weighted by Gasteiger charge is 2.11. The Bertz CT molecular complexity index is 613. The SMILES string of the molecule is CSc1ccccc1C(=O)Nc1ccc(C)c(F)c1. The summed E-state index contributed by atoms with van der Waals surface area (Å²) in [5.74, 6) is -0.552. The summed E-state index contributed by atoms with van der Waals surface area (Å²) in [6.07, 6.45) is 1.91. The topological polar surface area (TPSA) is 29.1 Å². The predicted molar refractivity (Wildman–Crippen MR) is 77.3 cm³/mol. The number of carbonyl (C=O) groups is 1. The average molecular weight is 275 g/mol. The van der Waals surface area contributed by atoms with Crippen molar-refractivity contribution in [3.63, 3.8) is 0 Å². The van der Waals surface area contributed by atoms with Crippen molar-refractivity contribution in [2.24, 2.45) is 0 Å². The molecule has 0 radical (unpaired) electrons. The van der Waals surface area contributed by atoms with Crippen molar-refractivity contribution in [1.29, 1.82) is 0 Å². The number of hydrogen-bond acceptors (Lipinski definition) is 2. The second-order valence-electron chi connectivity index (χ2n) is 4.12. The largest absolute Gasteiger partial charge is 0.322 e. The Labute approximate surface area is 116 Å². The van der Waals surface area contributed by atoms with Crippen LogP contribution in [-0.2, 0) is 0 Å². The minimum absolute atomic E-state index is 0.229. The highest BCUT2D eigenvalue weighted by atomic mass is 32.2. The first-order chi connectivity index (χ1) is 9.11. The van der Waals surface area contributed by atoms with Crippen LogP contribution in [0.25, 0.3) is 0 Å². The van der Waals surface area contributed by atoms with Gasteiger partial charge in [0.05, 0.1) is 5.56 Å². The van der Waals surface area contributed by atoms with Gasteiger partial charge < -0.3 is 5.32 Å². The zero-order valence-corrected chi connectivity index (χ0v) is 11.6. The van der Waals surface area contributed by atoms with Crippen molar-refractivity contribution in [1.82, 2.24) is 0 Å². The fourth-order valence-electron chi connectivity index (χ4n) is 1.70. The van der Waals surface area contributed by atoms with Gasteiger partial charge in [0.1, 0.15) is 5.82 Å². The normalized spacial score (nSPS) is 10.3. The van der Waals surface area contributed by atoms with Crippen LogP contribution in [0.2, 0.25) is 0 Å². The van der Waals surface area contributed by atoms with Gasteiger partial charge in [-0.2, -0.15) is 0 Å². The number of halogens is 1. The average Bonchev–Trinajstić information content (AvgIpc) is 2.43. The Morgan fingerprint density at radius 1 is 1.21 bits per heavy atom. The molecule has 2 aromatic rings. The second-order valence-corrected chi connectivity index (χ2v) is 4.97. The van der Waals surface area contributed by atoms with E-state index in [2.05, 4.69) is 5.32 Å². The Morgan fingerprint density at radius 3 is 2.63 bits per heavy atom. The molecule has 0 unspecified atom stereocenters. The van der Waals surface area contributed by atoms with E-state index >= 15 is 0 Å². The second kappa shape index (κ2) is 5.89. The minimum Gasteiger partial charge on any atom is -0.322 e. The lowest BCUT2D eigenvalue weighted by molar-refractivity contribution is 0.102. The number of benzene rings is 2. The Morgan fingerprint density at radius 2 is 1.95 bits per heavy atom. The summed E-state index contributed by atoms with van der Waals surface area (Å²) in [4.78, 5) is 13.0. The van der Waals surface area contributed by atoms with Gasteiger partial charge in [-0.15, -0.1) is 11.8 Å². The van der Waals surface area contributed by atoms with Gasteiger partial charge in [-0.05, 0) is 43.0 Å². The number of hydrogen-bond donors (Lipinski definition) is 1. The van der Waals surface area contributed by atoms with E-state index in [1.165, 1.54) is 17.8 Å². The molecule has 98 valence electrons. The summed E-state index contributed by atoms with van der Waals surface area (Å²) in [6, 6.07) is 12.0. The smallest absolute Gasteiger partial charge is 0.256 e. The molecule has 2 nitrogen and oxygen atoms in total. The summed E-state index contributed by atoms with van der Waals surface area (Å²) in [6.45, 7) is 1.68. The standard InChI is InChI=1S/C15H14FNOS/c1-10-7-8-11(9-13(10)16)17-15(18)12-5-3-4-6-14(12)19-2/h3-9H,1-2H3,(H,17,18). The molecule has 0 aliphatic carbocycles. The van der Waals surface area contributed by atoms with Gasteiger partial charge in [-0.1, -0.05) is 18.2 Å². The van der Waals surface area contributed by atoms with Crippen LogP contribution in [-0.4, -0.2) is 12.2 Å². The lowest BCUT2D eigenvalue weighted by Gasteiger charge is -2.09. The highest BCUT2D eigenvalue weighted by molar-refractivity contribution is 7.98. The molecule has 4 heteroatoms. The van der Waals surface area contributed by atoms with E-state index in [-0.39, 0.29) is 11.7 Å². The zero-order valence-electron chi connectivity index (χ0n) is 10.7. The third-order valence-corrected chi connectivity index (χ3v) is 3.58. The maximum atomic E-state index is 13.4. The van der Waals surface area contributed by atoms with Crippen LogP contribution in [0.3, 0.4) is 0 Å². The lowest BCUT2D eigenvalue weighted by atomic mass is 10.2. The van der Waals surface area contributed by atoms with Crippen LogP contribution in [0, 0.1) is 12.7 Å². The first-order valence-corrected chi connectivity index (χ1v) is 7.05. The molecule has 0 atom stereocenters. The number of amides is 1. The van der Waals surface area contributed by atoms with Gasteiger partial charge in [0.25, 0.3) is 5.91 Å². The number of rotatable bonds is 3.